The van der Waals surface area contributed by atoms with Crippen molar-refractivity contribution >= 4 is 29.2 Å². The Labute approximate surface area is 467 Å². The minimum absolute atomic E-state index is 0.0605. The number of Topliss-reactive ketones (excluding diaryl/α,β-unsaturated/α-hetero) is 3. The lowest BCUT2D eigenvalue weighted by Gasteiger charge is -2.43. The van der Waals surface area contributed by atoms with E-state index in [1.54, 1.807) is 54.1 Å². The maximum Gasteiger partial charge on any atom is 0.329 e. The molecule has 4 rings (SSSR count). The number of nitrogens with zero attached hydrogens (tertiary/aromatic N) is 2. The van der Waals surface area contributed by atoms with Crippen molar-refractivity contribution < 1.29 is 72.1 Å². The smallest absolute Gasteiger partial charge is 0.329 e. The molecule has 1 aliphatic carbocycles. The molecule has 4 aliphatic rings. The number of carbonyl (C=O) groups excluding carboxylic acids is 5. The summed E-state index contributed by atoms with van der Waals surface area (Å²) in [7, 11) is 4.67. The zero-order valence-electron chi connectivity index (χ0n) is 49.3. The highest BCUT2D eigenvalue weighted by atomic mass is 16.6. The highest BCUT2D eigenvalue weighted by molar-refractivity contribution is 6.39. The van der Waals surface area contributed by atoms with Crippen LogP contribution in [0.3, 0.4) is 0 Å². The second-order valence-corrected chi connectivity index (χ2v) is 22.9. The maximum absolute atomic E-state index is 14.7. The summed E-state index contributed by atoms with van der Waals surface area (Å²) in [6, 6.07) is -1.15. The van der Waals surface area contributed by atoms with Crippen LogP contribution in [0.5, 0.6) is 0 Å². The molecule has 3 heterocycles. The molecular formula is C61H100N2O15. The third-order valence-electron chi connectivity index (χ3n) is 16.8. The highest BCUT2D eigenvalue weighted by Crippen LogP contribution is 2.38. The van der Waals surface area contributed by atoms with Gasteiger partial charge in [-0.15, -0.1) is 6.58 Å². The lowest BCUT2D eigenvalue weighted by atomic mass is 9.78. The summed E-state index contributed by atoms with van der Waals surface area (Å²) >= 11 is 0. The first-order valence-corrected chi connectivity index (χ1v) is 29.1. The molecule has 15 atom stereocenters. The predicted molar refractivity (Wildman–Crippen MR) is 298 cm³/mol. The fourth-order valence-corrected chi connectivity index (χ4v) is 11.6. The molecule has 0 aromatic carbocycles. The Morgan fingerprint density at radius 3 is 2.28 bits per heavy atom. The van der Waals surface area contributed by atoms with Gasteiger partial charge in [0.15, 0.2) is 5.78 Å². The van der Waals surface area contributed by atoms with Crippen LogP contribution in [-0.2, 0) is 61.9 Å². The molecule has 0 radical (unpaired) electrons. The van der Waals surface area contributed by atoms with Gasteiger partial charge in [-0.25, -0.2) is 4.79 Å². The van der Waals surface area contributed by atoms with Crippen LogP contribution in [0.25, 0.3) is 0 Å². The van der Waals surface area contributed by atoms with Gasteiger partial charge >= 0.3 is 5.97 Å². The minimum Gasteiger partial charge on any atom is -0.460 e. The molecule has 0 aromatic rings. The number of ketones is 3. The van der Waals surface area contributed by atoms with Crippen molar-refractivity contribution in [2.24, 2.45) is 35.5 Å². The number of likely N-dealkylation sites (tertiary alicyclic amines) is 1. The molecule has 4 fully saturated rings. The van der Waals surface area contributed by atoms with E-state index in [1.807, 2.05) is 45.9 Å². The van der Waals surface area contributed by atoms with Crippen LogP contribution < -0.4 is 0 Å². The number of piperidine rings is 1. The van der Waals surface area contributed by atoms with E-state index in [2.05, 4.69) is 11.5 Å². The van der Waals surface area contributed by atoms with E-state index in [9.17, 15) is 34.2 Å². The largest absolute Gasteiger partial charge is 0.460 e. The molecule has 1 amide bonds. The normalized spacial score (nSPS) is 28.0. The lowest BCUT2D eigenvalue weighted by Crippen LogP contribution is -2.61. The zero-order chi connectivity index (χ0) is 57.5. The monoisotopic (exact) mass is 1100 g/mol. The Morgan fingerprint density at radius 2 is 1.62 bits per heavy atom. The predicted octanol–water partition coefficient (Wildman–Crippen LogP) is 7.58. The summed E-state index contributed by atoms with van der Waals surface area (Å²) < 4.78 is 47.4. The number of rotatable bonds is 33. The molecule has 17 nitrogen and oxygen atoms in total. The molecule has 78 heavy (non-hydrogen) atoms. The Hall–Kier alpha value is -3.49. The van der Waals surface area contributed by atoms with Gasteiger partial charge in [-0.05, 0) is 120 Å². The molecule has 2 N–H and O–H groups in total. The average molecular weight is 1100 g/mol. The Morgan fingerprint density at radius 1 is 0.885 bits per heavy atom. The van der Waals surface area contributed by atoms with Crippen LogP contribution in [0.15, 0.2) is 48.1 Å². The van der Waals surface area contributed by atoms with Crippen molar-refractivity contribution in [2.45, 2.75) is 193 Å². The first-order chi connectivity index (χ1) is 37.2. The number of aliphatic hydroxyl groups excluding tert-OH is 1. The number of hydrogen-bond acceptors (Lipinski definition) is 16. The summed E-state index contributed by atoms with van der Waals surface area (Å²) in [5, 5.41) is 23.5. The third-order valence-corrected chi connectivity index (χ3v) is 16.8. The van der Waals surface area contributed by atoms with Crippen LogP contribution in [0.4, 0.5) is 0 Å². The first-order valence-electron chi connectivity index (χ1n) is 29.1. The van der Waals surface area contributed by atoms with E-state index in [4.69, 9.17) is 37.9 Å². The molecular weight excluding hydrogens is 1000 g/mol. The summed E-state index contributed by atoms with van der Waals surface area (Å²) in [5.41, 5.74) is 1.32. The number of ether oxygens (including phenoxy) is 8. The summed E-state index contributed by atoms with van der Waals surface area (Å²) in [6.07, 6.45) is 11.4. The highest BCUT2D eigenvalue weighted by Gasteiger charge is 2.53. The third kappa shape index (κ3) is 19.9. The SMILES string of the molecule is C=C[C@@H](C)C[C@@H](C)C(=O)[C@H](OC)[C@H](O)/C(C)=C/[C@@H](C)C(=O)C[C@H](OC(=O)C1CCCCN1C(=O)C(=O)[C@]1(O)O[C@H](CC(OCCOC)/C(C)=C/C=C/C)CC[C@H]1C)[C@H](C)C[C@@H]1CC[C@@H](OCCCN2CCOCC2)[C@H](OC)C1. The number of allylic oxidation sites excluding steroid dienone is 5. The average Bonchev–Trinajstić information content (AvgIpc) is 3.45. The van der Waals surface area contributed by atoms with E-state index in [-0.39, 0.29) is 60.9 Å². The number of hydrogen-bond donors (Lipinski definition) is 2. The molecule has 17 heteroatoms. The number of carbonyl (C=O) groups is 5. The standard InChI is InChI=1S/C61H100N2O15/c1-13-15-19-41(4)52(76-33-32-71-10)38-48-23-21-46(9)61(70,78-48)58(67)59(68)63-26-17-16-20-49(63)60(69)77-53(39-50(64)42(5)35-45(8)56(66)57(73-12)55(65)44(7)34-40(3)14-2)43(6)36-47-22-24-51(54(37-47)72-11)75-29-18-25-62-27-30-74-31-28-62/h13-15,19,35,40,42-44,46-49,51-54,56-57,66,70H,2,16-18,20-34,36-39H2,1,3-12H3/b15-13+,41-19+,45-35+/t40-,42-,43-,44-,46-,47+,48+,49?,51-,52?,53+,54-,56-,57+,61-/m1/s1. The van der Waals surface area contributed by atoms with Crippen molar-refractivity contribution in [3.8, 4) is 0 Å². The second-order valence-electron chi connectivity index (χ2n) is 22.9. The summed E-state index contributed by atoms with van der Waals surface area (Å²) in [6.45, 7) is 24.2. The van der Waals surface area contributed by atoms with E-state index < -0.39 is 77.8 Å². The number of methoxy groups -OCH3 is 3. The van der Waals surface area contributed by atoms with Crippen molar-refractivity contribution in [3.63, 3.8) is 0 Å². The van der Waals surface area contributed by atoms with Crippen molar-refractivity contribution in [3.05, 3.63) is 48.1 Å². The fraction of sp³-hybridized carbons (Fsp3) is 0.787. The molecule has 0 bridgehead atoms. The molecule has 0 aromatic heterocycles. The van der Waals surface area contributed by atoms with Crippen molar-refractivity contribution in [2.75, 3.05) is 80.5 Å². The van der Waals surface area contributed by atoms with Gasteiger partial charge in [0, 0.05) is 84.7 Å². The van der Waals surface area contributed by atoms with Crippen LogP contribution >= 0.6 is 0 Å². The fourth-order valence-electron chi connectivity index (χ4n) is 11.6. The van der Waals surface area contributed by atoms with Crippen LogP contribution in [-0.4, -0.2) is 184 Å². The minimum atomic E-state index is -2.45. The Balaban J connectivity index is 1.54. The number of morpholine rings is 1. The van der Waals surface area contributed by atoms with Crippen molar-refractivity contribution in [1.29, 1.82) is 0 Å². The summed E-state index contributed by atoms with van der Waals surface area (Å²) in [4.78, 5) is 75.0. The van der Waals surface area contributed by atoms with Gasteiger partial charge in [-0.3, -0.25) is 24.1 Å². The number of aliphatic hydroxyl groups is 2. The molecule has 444 valence electrons. The number of esters is 1. The lowest BCUT2D eigenvalue weighted by molar-refractivity contribution is -0.266. The van der Waals surface area contributed by atoms with Crippen LogP contribution in [0.2, 0.25) is 0 Å². The topological polar surface area (TPSA) is 206 Å². The van der Waals surface area contributed by atoms with Gasteiger partial charge in [0.05, 0.1) is 50.8 Å². The molecule has 1 saturated carbocycles. The molecule has 0 spiro atoms. The van der Waals surface area contributed by atoms with E-state index in [0.717, 1.165) is 64.1 Å². The Kier molecular flexibility index (Phi) is 29.3. The van der Waals surface area contributed by atoms with Gasteiger partial charge in [-0.2, -0.15) is 0 Å². The van der Waals surface area contributed by atoms with Gasteiger partial charge in [-0.1, -0.05) is 65.0 Å². The molecule has 2 unspecified atom stereocenters. The molecule has 3 aliphatic heterocycles. The van der Waals surface area contributed by atoms with Gasteiger partial charge < -0.3 is 53.0 Å². The van der Waals surface area contributed by atoms with E-state index in [0.29, 0.717) is 70.3 Å². The van der Waals surface area contributed by atoms with Crippen LogP contribution in [0.1, 0.15) is 139 Å². The van der Waals surface area contributed by atoms with Gasteiger partial charge in [0.25, 0.3) is 11.7 Å². The molecule has 3 saturated heterocycles. The van der Waals surface area contributed by atoms with Gasteiger partial charge in [0.1, 0.15) is 30.1 Å². The van der Waals surface area contributed by atoms with Crippen LogP contribution in [0, 0.1) is 35.5 Å². The maximum atomic E-state index is 14.7. The Bertz CT molecular complexity index is 1990. The quantitative estimate of drug-likeness (QED) is 0.0214. The van der Waals surface area contributed by atoms with Crippen molar-refractivity contribution in [1.82, 2.24) is 9.80 Å². The van der Waals surface area contributed by atoms with E-state index >= 15 is 0 Å². The van der Waals surface area contributed by atoms with E-state index in [1.165, 1.54) is 12.0 Å². The summed E-state index contributed by atoms with van der Waals surface area (Å²) in [5.74, 6) is -7.81. The first kappa shape index (κ1) is 67.0. The zero-order valence-corrected chi connectivity index (χ0v) is 49.3. The van der Waals surface area contributed by atoms with Gasteiger partial charge in [0.2, 0.25) is 5.79 Å². The second kappa shape index (κ2) is 34.1. The number of amides is 1.